The zero-order chi connectivity index (χ0) is 10.7. The first-order valence-corrected chi connectivity index (χ1v) is 5.23. The van der Waals surface area contributed by atoms with E-state index in [0.717, 1.165) is 19.6 Å². The van der Waals surface area contributed by atoms with Crippen molar-refractivity contribution >= 4 is 5.91 Å². The van der Waals surface area contributed by atoms with E-state index in [1.54, 1.807) is 0 Å². The predicted octanol–water partition coefficient (Wildman–Crippen LogP) is 1.11. The van der Waals surface area contributed by atoms with E-state index in [1.807, 2.05) is 4.90 Å². The smallest absolute Gasteiger partial charge is 0.246 e. The number of hydrogen-bond acceptors (Lipinski definition) is 2. The molecule has 1 fully saturated rings. The molecule has 3 heteroatoms. The first-order valence-electron chi connectivity index (χ1n) is 5.23. The Morgan fingerprint density at radius 3 is 2.57 bits per heavy atom. The second kappa shape index (κ2) is 4.60. The molecule has 1 amide bonds. The van der Waals surface area contributed by atoms with Crippen molar-refractivity contribution in [3.63, 3.8) is 0 Å². The molecule has 0 aliphatic carbocycles. The van der Waals surface area contributed by atoms with Crippen LogP contribution in [0.2, 0.25) is 0 Å². The van der Waals surface area contributed by atoms with Crippen LogP contribution in [-0.2, 0) is 4.79 Å². The summed E-state index contributed by atoms with van der Waals surface area (Å²) in [5.41, 5.74) is 0. The summed E-state index contributed by atoms with van der Waals surface area (Å²) in [6.07, 6.45) is 1.40. The van der Waals surface area contributed by atoms with Gasteiger partial charge >= 0.3 is 0 Å². The van der Waals surface area contributed by atoms with Crippen molar-refractivity contribution in [3.05, 3.63) is 12.7 Å². The molecule has 1 heterocycles. The van der Waals surface area contributed by atoms with Crippen LogP contribution in [-0.4, -0.2) is 47.4 Å². The highest BCUT2D eigenvalue weighted by molar-refractivity contribution is 5.87. The summed E-state index contributed by atoms with van der Waals surface area (Å²) in [6.45, 7) is 12.7. The molecule has 3 nitrogen and oxygen atoms in total. The van der Waals surface area contributed by atoms with Crippen LogP contribution < -0.4 is 0 Å². The summed E-state index contributed by atoms with van der Waals surface area (Å²) in [6, 6.07) is 1.01. The molecule has 0 aromatic rings. The fraction of sp³-hybridized carbons (Fsp3) is 0.727. The minimum atomic E-state index is 0.0558. The Labute approximate surface area is 86.4 Å². The van der Waals surface area contributed by atoms with Crippen molar-refractivity contribution in [2.75, 3.05) is 19.6 Å². The molecular weight excluding hydrogens is 176 g/mol. The van der Waals surface area contributed by atoms with Crippen LogP contribution in [0.15, 0.2) is 12.7 Å². The van der Waals surface area contributed by atoms with Crippen LogP contribution in [0, 0.1) is 0 Å². The number of carbonyl (C=O) groups is 1. The molecule has 1 saturated heterocycles. The minimum absolute atomic E-state index is 0.0558. The van der Waals surface area contributed by atoms with Gasteiger partial charge in [-0.2, -0.15) is 0 Å². The summed E-state index contributed by atoms with van der Waals surface area (Å²) in [5.74, 6) is 0.0558. The van der Waals surface area contributed by atoms with E-state index >= 15 is 0 Å². The van der Waals surface area contributed by atoms with Crippen molar-refractivity contribution in [2.24, 2.45) is 0 Å². The van der Waals surface area contributed by atoms with Crippen LogP contribution in [0.25, 0.3) is 0 Å². The van der Waals surface area contributed by atoms with Crippen LogP contribution in [0.3, 0.4) is 0 Å². The van der Waals surface area contributed by atoms with Gasteiger partial charge in [-0.25, -0.2) is 0 Å². The van der Waals surface area contributed by atoms with Gasteiger partial charge in [-0.1, -0.05) is 6.58 Å². The van der Waals surface area contributed by atoms with E-state index in [9.17, 15) is 4.79 Å². The first kappa shape index (κ1) is 11.2. The number of amides is 1. The highest BCUT2D eigenvalue weighted by Gasteiger charge is 2.26. The summed E-state index contributed by atoms with van der Waals surface area (Å²) in [4.78, 5) is 15.7. The van der Waals surface area contributed by atoms with Gasteiger partial charge in [0, 0.05) is 31.7 Å². The van der Waals surface area contributed by atoms with Crippen LogP contribution >= 0.6 is 0 Å². The molecule has 1 unspecified atom stereocenters. The minimum Gasteiger partial charge on any atom is -0.336 e. The second-order valence-corrected chi connectivity index (χ2v) is 4.17. The summed E-state index contributed by atoms with van der Waals surface area (Å²) in [7, 11) is 0. The molecule has 0 spiro atoms. The third kappa shape index (κ3) is 2.35. The van der Waals surface area contributed by atoms with E-state index in [2.05, 4.69) is 32.3 Å². The average molecular weight is 196 g/mol. The number of rotatable bonds is 2. The van der Waals surface area contributed by atoms with Gasteiger partial charge in [-0.3, -0.25) is 9.69 Å². The van der Waals surface area contributed by atoms with E-state index in [1.165, 1.54) is 6.08 Å². The molecule has 80 valence electrons. The third-order valence-electron chi connectivity index (χ3n) is 2.83. The molecule has 1 aliphatic heterocycles. The average Bonchev–Trinajstić information content (AvgIpc) is 2.15. The highest BCUT2D eigenvalue weighted by Crippen LogP contribution is 2.12. The van der Waals surface area contributed by atoms with E-state index < -0.39 is 0 Å². The molecule has 14 heavy (non-hydrogen) atoms. The Hall–Kier alpha value is -0.830. The molecule has 1 atom stereocenters. The van der Waals surface area contributed by atoms with E-state index in [0.29, 0.717) is 12.1 Å². The van der Waals surface area contributed by atoms with Crippen molar-refractivity contribution in [3.8, 4) is 0 Å². The van der Waals surface area contributed by atoms with Crippen molar-refractivity contribution in [2.45, 2.75) is 32.9 Å². The Morgan fingerprint density at radius 1 is 1.50 bits per heavy atom. The SMILES string of the molecule is C=CC(=O)N1CCN(C(C)C)C(C)C1. The van der Waals surface area contributed by atoms with Crippen molar-refractivity contribution in [1.29, 1.82) is 0 Å². The lowest BCUT2D eigenvalue weighted by Crippen LogP contribution is -2.55. The molecule has 0 radical (unpaired) electrons. The summed E-state index contributed by atoms with van der Waals surface area (Å²) in [5, 5.41) is 0. The molecule has 1 aliphatic rings. The molecule has 1 rings (SSSR count). The van der Waals surface area contributed by atoms with Gasteiger partial charge in [0.25, 0.3) is 0 Å². The zero-order valence-electron chi connectivity index (χ0n) is 9.36. The molecule has 0 bridgehead atoms. The largest absolute Gasteiger partial charge is 0.336 e. The maximum Gasteiger partial charge on any atom is 0.246 e. The fourth-order valence-electron chi connectivity index (χ4n) is 2.07. The number of carbonyl (C=O) groups excluding carboxylic acids is 1. The molecule has 0 saturated carbocycles. The van der Waals surface area contributed by atoms with Crippen LogP contribution in [0.4, 0.5) is 0 Å². The van der Waals surface area contributed by atoms with E-state index in [4.69, 9.17) is 0 Å². The zero-order valence-corrected chi connectivity index (χ0v) is 9.36. The Balaban J connectivity index is 2.54. The van der Waals surface area contributed by atoms with Crippen LogP contribution in [0.1, 0.15) is 20.8 Å². The van der Waals surface area contributed by atoms with Gasteiger partial charge in [-0.05, 0) is 26.8 Å². The molecule has 0 N–H and O–H groups in total. The van der Waals surface area contributed by atoms with Gasteiger partial charge in [0.1, 0.15) is 0 Å². The Morgan fingerprint density at radius 2 is 2.14 bits per heavy atom. The quantitative estimate of drug-likeness (QED) is 0.618. The lowest BCUT2D eigenvalue weighted by molar-refractivity contribution is -0.129. The Kier molecular flexibility index (Phi) is 3.69. The molecule has 0 aromatic carbocycles. The monoisotopic (exact) mass is 196 g/mol. The first-order chi connectivity index (χ1) is 6.56. The fourth-order valence-corrected chi connectivity index (χ4v) is 2.07. The van der Waals surface area contributed by atoms with Gasteiger partial charge in [-0.15, -0.1) is 0 Å². The summed E-state index contributed by atoms with van der Waals surface area (Å²) >= 11 is 0. The molecule has 0 aromatic heterocycles. The third-order valence-corrected chi connectivity index (χ3v) is 2.83. The second-order valence-electron chi connectivity index (χ2n) is 4.17. The summed E-state index contributed by atoms with van der Waals surface area (Å²) < 4.78 is 0. The topological polar surface area (TPSA) is 23.6 Å². The van der Waals surface area contributed by atoms with Gasteiger partial charge in [0.15, 0.2) is 0 Å². The highest BCUT2D eigenvalue weighted by atomic mass is 16.2. The predicted molar refractivity (Wildman–Crippen MR) is 58.1 cm³/mol. The van der Waals surface area contributed by atoms with Crippen molar-refractivity contribution in [1.82, 2.24) is 9.80 Å². The number of hydrogen-bond donors (Lipinski definition) is 0. The normalized spacial score (nSPS) is 24.0. The maximum absolute atomic E-state index is 11.4. The number of piperazine rings is 1. The van der Waals surface area contributed by atoms with E-state index in [-0.39, 0.29) is 5.91 Å². The number of nitrogens with zero attached hydrogens (tertiary/aromatic N) is 2. The lowest BCUT2D eigenvalue weighted by atomic mass is 10.1. The lowest BCUT2D eigenvalue weighted by Gasteiger charge is -2.41. The van der Waals surface area contributed by atoms with Crippen LogP contribution in [0.5, 0.6) is 0 Å². The Bertz CT molecular complexity index is 225. The van der Waals surface area contributed by atoms with Crippen molar-refractivity contribution < 1.29 is 4.79 Å². The standard InChI is InChI=1S/C11H20N2O/c1-5-11(14)12-6-7-13(9(2)3)10(4)8-12/h5,9-10H,1,6-8H2,2-4H3. The maximum atomic E-state index is 11.4. The van der Waals surface area contributed by atoms with Gasteiger partial charge in [0.2, 0.25) is 5.91 Å². The van der Waals surface area contributed by atoms with Gasteiger partial charge in [0.05, 0.1) is 0 Å². The van der Waals surface area contributed by atoms with Gasteiger partial charge < -0.3 is 4.90 Å². The molecular formula is C11H20N2O.